The zero-order chi connectivity index (χ0) is 18.6. The van der Waals surface area contributed by atoms with Crippen LogP contribution in [-0.4, -0.2) is 58.7 Å². The van der Waals surface area contributed by atoms with Gasteiger partial charge in [0.1, 0.15) is 0 Å². The molecule has 2 aromatic rings. The Morgan fingerprint density at radius 3 is 2.24 bits per heavy atom. The third kappa shape index (κ3) is 4.59. The van der Waals surface area contributed by atoms with Gasteiger partial charge in [-0.15, -0.1) is 0 Å². The van der Waals surface area contributed by atoms with E-state index in [0.29, 0.717) is 22.6 Å². The van der Waals surface area contributed by atoms with E-state index in [0.717, 1.165) is 0 Å². The summed E-state index contributed by atoms with van der Waals surface area (Å²) < 4.78 is 38.3. The number of carbonyl (C=O) groups is 2. The molecular weight excluding hydrogens is 337 g/mol. The van der Waals surface area contributed by atoms with Gasteiger partial charge in [0.25, 0.3) is 5.91 Å². The highest BCUT2D eigenvalue weighted by molar-refractivity contribution is 5.94. The Hall–Kier alpha value is -2.84. The van der Waals surface area contributed by atoms with Gasteiger partial charge in [0.2, 0.25) is 0 Å². The Balaban J connectivity index is 1.93. The van der Waals surface area contributed by atoms with Gasteiger partial charge in [-0.25, -0.2) is 4.79 Å². The summed E-state index contributed by atoms with van der Waals surface area (Å²) in [6, 6.07) is 7.92. The predicted octanol–water partition coefficient (Wildman–Crippen LogP) is 2.57. The van der Waals surface area contributed by atoms with Gasteiger partial charge in [-0.3, -0.25) is 4.79 Å². The van der Waals surface area contributed by atoms with E-state index in [1.54, 1.807) is 37.4 Å². The number of likely N-dealkylation sites (N-methyl/N-ethyl adjacent to an activating group) is 2. The van der Waals surface area contributed by atoms with E-state index in [2.05, 4.69) is 5.10 Å². The lowest BCUT2D eigenvalue weighted by atomic mass is 10.2. The van der Waals surface area contributed by atoms with E-state index in [1.165, 1.54) is 16.8 Å². The molecule has 0 aliphatic heterocycles. The zero-order valence-corrected chi connectivity index (χ0v) is 13.7. The highest BCUT2D eigenvalue weighted by Crippen LogP contribution is 2.28. The molecule has 0 saturated heterocycles. The molecule has 0 aliphatic rings. The maximum atomic E-state index is 12.5. The second-order valence-corrected chi connectivity index (χ2v) is 5.47. The third-order valence-corrected chi connectivity index (χ3v) is 3.57. The van der Waals surface area contributed by atoms with Crippen molar-refractivity contribution in [2.75, 3.05) is 27.2 Å². The molecule has 0 fully saturated rings. The molecule has 25 heavy (non-hydrogen) atoms. The highest BCUT2D eigenvalue weighted by atomic mass is 19.4. The summed E-state index contributed by atoms with van der Waals surface area (Å²) in [6.07, 6.45) is -3.33. The summed E-state index contributed by atoms with van der Waals surface area (Å²) in [5.74, 6) is -0.208. The van der Waals surface area contributed by atoms with E-state index in [9.17, 15) is 22.8 Å². The molecule has 134 valence electrons. The number of alkyl halides is 3. The van der Waals surface area contributed by atoms with Gasteiger partial charge in [0, 0.05) is 38.9 Å². The second kappa shape index (κ2) is 7.37. The number of benzene rings is 1. The van der Waals surface area contributed by atoms with Crippen LogP contribution in [0.2, 0.25) is 0 Å². The minimum absolute atomic E-state index is 0.148. The first-order chi connectivity index (χ1) is 11.7. The number of hydrogen-bond acceptors (Lipinski definition) is 3. The first kappa shape index (κ1) is 18.5. The smallest absolute Gasteiger partial charge is 0.340 e. The van der Waals surface area contributed by atoms with Crippen molar-refractivity contribution < 1.29 is 22.8 Å². The van der Waals surface area contributed by atoms with Crippen LogP contribution in [0.15, 0.2) is 42.7 Å². The minimum atomic E-state index is -4.56. The fourth-order valence-electron chi connectivity index (χ4n) is 2.05. The van der Waals surface area contributed by atoms with Gasteiger partial charge < -0.3 is 9.80 Å². The van der Waals surface area contributed by atoms with Gasteiger partial charge >= 0.3 is 12.2 Å². The summed E-state index contributed by atoms with van der Waals surface area (Å²) in [6.45, 7) is 0.373. The molecule has 1 aromatic heterocycles. The Kier molecular flexibility index (Phi) is 5.45. The summed E-state index contributed by atoms with van der Waals surface area (Å²) in [5, 5.41) is 3.44. The molecule has 0 aliphatic carbocycles. The number of carbonyl (C=O) groups excluding carboxylic acids is 2. The normalized spacial score (nSPS) is 11.2. The monoisotopic (exact) mass is 354 g/mol. The van der Waals surface area contributed by atoms with Crippen molar-refractivity contribution in [1.29, 1.82) is 0 Å². The van der Waals surface area contributed by atoms with Gasteiger partial charge in [0.15, 0.2) is 0 Å². The average molecular weight is 354 g/mol. The van der Waals surface area contributed by atoms with Crippen LogP contribution in [0.25, 0.3) is 0 Å². The van der Waals surface area contributed by atoms with Crippen molar-refractivity contribution in [2.24, 2.45) is 0 Å². The summed E-state index contributed by atoms with van der Waals surface area (Å²) >= 11 is 0. The van der Waals surface area contributed by atoms with Crippen molar-refractivity contribution >= 4 is 11.9 Å². The summed E-state index contributed by atoms with van der Waals surface area (Å²) in [4.78, 5) is 26.9. The summed E-state index contributed by atoms with van der Waals surface area (Å²) in [5.41, 5.74) is -0.480. The lowest BCUT2D eigenvalue weighted by Crippen LogP contribution is -2.39. The second-order valence-electron chi connectivity index (χ2n) is 5.47. The molecule has 9 heteroatoms. The minimum Gasteiger partial charge on any atom is -0.340 e. The number of hydrogen-bond donors (Lipinski definition) is 0. The van der Waals surface area contributed by atoms with Crippen molar-refractivity contribution in [2.45, 2.75) is 6.18 Å². The van der Waals surface area contributed by atoms with Crippen molar-refractivity contribution in [1.82, 2.24) is 19.6 Å². The topological polar surface area (TPSA) is 58.4 Å². The fourth-order valence-corrected chi connectivity index (χ4v) is 2.05. The lowest BCUT2D eigenvalue weighted by Gasteiger charge is -2.22. The fraction of sp³-hybridized carbons (Fsp3) is 0.312. The van der Waals surface area contributed by atoms with E-state index in [4.69, 9.17) is 0 Å². The largest absolute Gasteiger partial charge is 0.419 e. The van der Waals surface area contributed by atoms with Gasteiger partial charge in [-0.1, -0.05) is 18.2 Å². The SMILES string of the molecule is CN(CCN(C)C(=O)n1cc(C(F)(F)F)cn1)C(=O)c1ccccc1. The van der Waals surface area contributed by atoms with Crippen molar-refractivity contribution in [3.63, 3.8) is 0 Å². The molecule has 1 heterocycles. The maximum absolute atomic E-state index is 12.5. The first-order valence-corrected chi connectivity index (χ1v) is 7.38. The number of amides is 2. The predicted molar refractivity (Wildman–Crippen MR) is 84.1 cm³/mol. The summed E-state index contributed by atoms with van der Waals surface area (Å²) in [7, 11) is 3.02. The van der Waals surface area contributed by atoms with Crippen LogP contribution < -0.4 is 0 Å². The lowest BCUT2D eigenvalue weighted by molar-refractivity contribution is -0.137. The van der Waals surface area contributed by atoms with E-state index >= 15 is 0 Å². The molecule has 2 amide bonds. The molecule has 0 radical (unpaired) electrons. The van der Waals surface area contributed by atoms with Crippen LogP contribution >= 0.6 is 0 Å². The van der Waals surface area contributed by atoms with Crippen LogP contribution in [0.5, 0.6) is 0 Å². The number of nitrogens with zero attached hydrogens (tertiary/aromatic N) is 4. The highest BCUT2D eigenvalue weighted by Gasteiger charge is 2.33. The quantitative estimate of drug-likeness (QED) is 0.848. The molecule has 0 unspecified atom stereocenters. The number of aromatic nitrogens is 2. The Morgan fingerprint density at radius 1 is 1.08 bits per heavy atom. The molecule has 0 bridgehead atoms. The molecule has 0 atom stereocenters. The third-order valence-electron chi connectivity index (χ3n) is 3.57. The molecule has 2 rings (SSSR count). The van der Waals surface area contributed by atoms with Crippen LogP contribution in [-0.2, 0) is 6.18 Å². The van der Waals surface area contributed by atoms with Crippen LogP contribution in [0.3, 0.4) is 0 Å². The van der Waals surface area contributed by atoms with Crippen LogP contribution in [0.4, 0.5) is 18.0 Å². The number of halogens is 3. The standard InChI is InChI=1S/C16H17F3N4O2/c1-21(14(24)12-6-4-3-5-7-12)8-9-22(2)15(25)23-11-13(10-20-23)16(17,18)19/h3-7,10-11H,8-9H2,1-2H3. The Labute approximate surface area is 142 Å². The van der Waals surface area contributed by atoms with Gasteiger partial charge in [-0.05, 0) is 12.1 Å². The molecule has 1 aromatic carbocycles. The molecule has 0 N–H and O–H groups in total. The van der Waals surface area contributed by atoms with Gasteiger partial charge in [-0.2, -0.15) is 23.0 Å². The molecule has 0 saturated carbocycles. The van der Waals surface area contributed by atoms with Gasteiger partial charge in [0.05, 0.1) is 11.8 Å². The van der Waals surface area contributed by atoms with Crippen molar-refractivity contribution in [3.8, 4) is 0 Å². The van der Waals surface area contributed by atoms with Crippen LogP contribution in [0.1, 0.15) is 15.9 Å². The first-order valence-electron chi connectivity index (χ1n) is 7.38. The van der Waals surface area contributed by atoms with Crippen molar-refractivity contribution in [3.05, 3.63) is 53.9 Å². The van der Waals surface area contributed by atoms with E-state index in [1.807, 2.05) is 0 Å². The average Bonchev–Trinajstić information content (AvgIpc) is 3.09. The Morgan fingerprint density at radius 2 is 1.68 bits per heavy atom. The molecule has 0 spiro atoms. The van der Waals surface area contributed by atoms with E-state index < -0.39 is 17.8 Å². The van der Waals surface area contributed by atoms with Crippen LogP contribution in [0, 0.1) is 0 Å². The molecule has 6 nitrogen and oxygen atoms in total. The number of rotatable bonds is 4. The zero-order valence-electron chi connectivity index (χ0n) is 13.7. The van der Waals surface area contributed by atoms with E-state index in [-0.39, 0.29) is 19.0 Å². The maximum Gasteiger partial charge on any atom is 0.419 e. The Bertz CT molecular complexity index is 743. The molecular formula is C16H17F3N4O2.